The number of nitrogens with zero attached hydrogens (tertiary/aromatic N) is 3. The lowest BCUT2D eigenvalue weighted by Crippen LogP contribution is -2.24. The third-order valence-electron chi connectivity index (χ3n) is 3.46. The maximum atomic E-state index is 9.25. The van der Waals surface area contributed by atoms with E-state index in [1.807, 2.05) is 30.3 Å². The summed E-state index contributed by atoms with van der Waals surface area (Å²) < 4.78 is 5.84. The normalized spacial score (nSPS) is 22.7. The van der Waals surface area contributed by atoms with E-state index in [1.54, 1.807) is 5.06 Å². The van der Waals surface area contributed by atoms with E-state index >= 15 is 0 Å². The summed E-state index contributed by atoms with van der Waals surface area (Å²) in [6, 6.07) is 13.8. The maximum absolute atomic E-state index is 9.25. The summed E-state index contributed by atoms with van der Waals surface area (Å²) in [6.45, 7) is 0.806. The van der Waals surface area contributed by atoms with Gasteiger partial charge in [0.2, 0.25) is 0 Å². The Morgan fingerprint density at radius 2 is 2.15 bits per heavy atom. The Balaban J connectivity index is 1.95. The van der Waals surface area contributed by atoms with Crippen LogP contribution in [-0.2, 0) is 4.84 Å². The Labute approximate surface area is 116 Å². The van der Waals surface area contributed by atoms with Gasteiger partial charge in [-0.3, -0.25) is 4.84 Å². The summed E-state index contributed by atoms with van der Waals surface area (Å²) >= 11 is 0. The third kappa shape index (κ3) is 2.14. The summed E-state index contributed by atoms with van der Waals surface area (Å²) in [5.41, 5.74) is 0.798. The Bertz CT molecular complexity index is 662. The molecule has 0 amide bonds. The lowest BCUT2D eigenvalue weighted by molar-refractivity contribution is -0.134. The fourth-order valence-corrected chi connectivity index (χ4v) is 2.51. The van der Waals surface area contributed by atoms with E-state index in [4.69, 9.17) is 14.5 Å². The Hall–Kier alpha value is -2.34. The van der Waals surface area contributed by atoms with E-state index in [1.165, 1.54) is 0 Å². The van der Waals surface area contributed by atoms with Gasteiger partial charge in [0, 0.05) is 11.9 Å². The van der Waals surface area contributed by atoms with E-state index < -0.39 is 0 Å². The van der Waals surface area contributed by atoms with Crippen molar-refractivity contribution in [3.05, 3.63) is 36.1 Å². The van der Waals surface area contributed by atoms with Crippen molar-refractivity contribution < 1.29 is 9.25 Å². The van der Waals surface area contributed by atoms with Crippen LogP contribution in [0.5, 0.6) is 0 Å². The van der Waals surface area contributed by atoms with Crippen LogP contribution in [0.4, 0.5) is 0 Å². The number of fused-ring (bicyclic) bond motifs is 1. The van der Waals surface area contributed by atoms with Crippen LogP contribution in [0, 0.1) is 28.6 Å². The first-order valence-corrected chi connectivity index (χ1v) is 6.48. The molecule has 0 saturated carbocycles. The molecule has 5 heteroatoms. The van der Waals surface area contributed by atoms with Crippen molar-refractivity contribution in [2.24, 2.45) is 5.92 Å². The number of hydroxylamine groups is 2. The number of para-hydroxylation sites is 1. The highest BCUT2D eigenvalue weighted by Gasteiger charge is 2.39. The highest BCUT2D eigenvalue weighted by atomic mass is 16.7. The largest absolute Gasteiger partial charge is 0.459 e. The quantitative estimate of drug-likeness (QED) is 0.854. The van der Waals surface area contributed by atoms with Gasteiger partial charge in [0.25, 0.3) is 0 Å². The summed E-state index contributed by atoms with van der Waals surface area (Å²) in [6.07, 6.45) is 0.356. The standard InChI is InChI=1S/C15H13N3O2/c16-6-3-7-18-15(12(9-17)10-19-18)14-8-11-4-1-2-5-13(11)20-14/h1-2,4-5,8,12,15H,3,7,10H2/t12-,15+/m0/s1. The van der Waals surface area contributed by atoms with Gasteiger partial charge in [-0.1, -0.05) is 18.2 Å². The lowest BCUT2D eigenvalue weighted by Gasteiger charge is -2.20. The fraction of sp³-hybridized carbons (Fsp3) is 0.333. The van der Waals surface area contributed by atoms with Crippen LogP contribution in [0.3, 0.4) is 0 Å². The Kier molecular flexibility index (Phi) is 3.39. The highest BCUT2D eigenvalue weighted by molar-refractivity contribution is 5.77. The van der Waals surface area contributed by atoms with Gasteiger partial charge in [-0.05, 0) is 12.1 Å². The minimum absolute atomic E-state index is 0.249. The predicted octanol–water partition coefficient (Wildman–Crippen LogP) is 2.77. The first kappa shape index (κ1) is 12.7. The van der Waals surface area contributed by atoms with Gasteiger partial charge < -0.3 is 4.42 Å². The van der Waals surface area contributed by atoms with Gasteiger partial charge in [0.15, 0.2) is 0 Å². The fourth-order valence-electron chi connectivity index (χ4n) is 2.51. The number of hydrogen-bond acceptors (Lipinski definition) is 5. The van der Waals surface area contributed by atoms with Gasteiger partial charge in [-0.15, -0.1) is 0 Å². The van der Waals surface area contributed by atoms with E-state index in [-0.39, 0.29) is 12.0 Å². The molecule has 2 heterocycles. The average Bonchev–Trinajstić information content (AvgIpc) is 3.07. The number of rotatable bonds is 3. The topological polar surface area (TPSA) is 73.2 Å². The zero-order valence-electron chi connectivity index (χ0n) is 10.8. The van der Waals surface area contributed by atoms with Gasteiger partial charge in [0.05, 0.1) is 31.1 Å². The molecule has 0 radical (unpaired) electrons. The van der Waals surface area contributed by atoms with Crippen molar-refractivity contribution in [3.8, 4) is 12.1 Å². The monoisotopic (exact) mass is 267 g/mol. The molecular formula is C15H13N3O2. The molecule has 1 saturated heterocycles. The van der Waals surface area contributed by atoms with Gasteiger partial charge in [-0.25, -0.2) is 0 Å². The minimum Gasteiger partial charge on any atom is -0.459 e. The van der Waals surface area contributed by atoms with E-state index in [9.17, 15) is 5.26 Å². The van der Waals surface area contributed by atoms with Crippen molar-refractivity contribution >= 4 is 11.0 Å². The smallest absolute Gasteiger partial charge is 0.134 e. The van der Waals surface area contributed by atoms with Gasteiger partial charge >= 0.3 is 0 Å². The first-order chi connectivity index (χ1) is 9.83. The molecular weight excluding hydrogens is 254 g/mol. The van der Waals surface area contributed by atoms with Crippen LogP contribution < -0.4 is 0 Å². The molecule has 1 fully saturated rings. The SMILES string of the molecule is N#CCCN1OC[C@H](C#N)[C@@H]1c1cc2ccccc2o1. The molecule has 0 unspecified atom stereocenters. The van der Waals surface area contributed by atoms with Crippen LogP contribution in [0.25, 0.3) is 11.0 Å². The molecule has 3 rings (SSSR count). The molecule has 1 aliphatic rings. The molecule has 1 aliphatic heterocycles. The summed E-state index contributed by atoms with van der Waals surface area (Å²) in [5, 5.41) is 20.6. The molecule has 1 aromatic carbocycles. The number of hydrogen-bond donors (Lipinski definition) is 0. The van der Waals surface area contributed by atoms with Crippen LogP contribution >= 0.6 is 0 Å². The molecule has 0 N–H and O–H groups in total. The molecule has 2 atom stereocenters. The molecule has 2 aromatic rings. The molecule has 5 nitrogen and oxygen atoms in total. The van der Waals surface area contributed by atoms with Gasteiger partial charge in [-0.2, -0.15) is 15.6 Å². The molecule has 1 aromatic heterocycles. The van der Waals surface area contributed by atoms with Crippen molar-refractivity contribution in [2.75, 3.05) is 13.2 Å². The molecule has 0 bridgehead atoms. The second-order valence-corrected chi connectivity index (χ2v) is 4.71. The van der Waals surface area contributed by atoms with Crippen LogP contribution in [-0.4, -0.2) is 18.2 Å². The van der Waals surface area contributed by atoms with Gasteiger partial charge in [0.1, 0.15) is 17.4 Å². The van der Waals surface area contributed by atoms with Crippen molar-refractivity contribution in [1.29, 1.82) is 10.5 Å². The summed E-state index contributed by atoms with van der Waals surface area (Å²) in [5.74, 6) is 0.433. The minimum atomic E-state index is -0.283. The van der Waals surface area contributed by atoms with Crippen LogP contribution in [0.1, 0.15) is 18.2 Å². The summed E-state index contributed by atoms with van der Waals surface area (Å²) in [7, 11) is 0. The van der Waals surface area contributed by atoms with Crippen LogP contribution in [0.15, 0.2) is 34.7 Å². The third-order valence-corrected chi connectivity index (χ3v) is 3.46. The summed E-state index contributed by atoms with van der Waals surface area (Å²) in [4.78, 5) is 5.52. The zero-order valence-corrected chi connectivity index (χ0v) is 10.8. The molecule has 100 valence electrons. The Morgan fingerprint density at radius 1 is 1.30 bits per heavy atom. The second kappa shape index (κ2) is 5.34. The molecule has 0 aliphatic carbocycles. The number of furan rings is 1. The zero-order chi connectivity index (χ0) is 13.9. The number of nitriles is 2. The van der Waals surface area contributed by atoms with E-state index in [0.717, 1.165) is 11.0 Å². The Morgan fingerprint density at radius 3 is 2.90 bits per heavy atom. The lowest BCUT2D eigenvalue weighted by atomic mass is 10.0. The highest BCUT2D eigenvalue weighted by Crippen LogP contribution is 2.37. The number of benzene rings is 1. The first-order valence-electron chi connectivity index (χ1n) is 6.48. The molecule has 20 heavy (non-hydrogen) atoms. The van der Waals surface area contributed by atoms with E-state index in [2.05, 4.69) is 12.1 Å². The van der Waals surface area contributed by atoms with Crippen molar-refractivity contribution in [3.63, 3.8) is 0 Å². The van der Waals surface area contributed by atoms with Crippen LogP contribution in [0.2, 0.25) is 0 Å². The predicted molar refractivity (Wildman–Crippen MR) is 70.9 cm³/mol. The maximum Gasteiger partial charge on any atom is 0.134 e. The van der Waals surface area contributed by atoms with Crippen molar-refractivity contribution in [1.82, 2.24) is 5.06 Å². The molecule has 0 spiro atoms. The van der Waals surface area contributed by atoms with E-state index in [0.29, 0.717) is 25.3 Å². The van der Waals surface area contributed by atoms with Crippen molar-refractivity contribution in [2.45, 2.75) is 12.5 Å². The second-order valence-electron chi connectivity index (χ2n) is 4.71. The average molecular weight is 267 g/mol.